The largest absolute Gasteiger partial charge is 0.444 e. The Kier molecular flexibility index (Phi) is 4.86. The van der Waals surface area contributed by atoms with Crippen molar-refractivity contribution in [1.29, 1.82) is 0 Å². The van der Waals surface area contributed by atoms with E-state index in [0.29, 0.717) is 0 Å². The molecule has 1 saturated heterocycles. The molecule has 1 atom stereocenters. The van der Waals surface area contributed by atoms with Gasteiger partial charge >= 0.3 is 6.09 Å². The van der Waals surface area contributed by atoms with Crippen molar-refractivity contribution < 1.29 is 9.53 Å². The molecule has 98 valence electrons. The zero-order chi connectivity index (χ0) is 13.1. The lowest BCUT2D eigenvalue weighted by Crippen LogP contribution is -2.37. The van der Waals surface area contributed by atoms with Crippen LogP contribution >= 0.6 is 22.6 Å². The van der Waals surface area contributed by atoms with E-state index in [0.717, 1.165) is 30.4 Å². The molecule has 0 bridgehead atoms. The molecule has 0 aromatic carbocycles. The number of hydrogen-bond donors (Lipinski definition) is 0. The molecular formula is C13H22INO2. The third kappa shape index (κ3) is 4.16. The Morgan fingerprint density at radius 1 is 1.59 bits per heavy atom. The van der Waals surface area contributed by atoms with Crippen LogP contribution in [-0.4, -0.2) is 34.1 Å². The minimum atomic E-state index is -0.412. The van der Waals surface area contributed by atoms with E-state index in [4.69, 9.17) is 4.74 Å². The van der Waals surface area contributed by atoms with Gasteiger partial charge in [-0.15, -0.1) is 6.58 Å². The number of allylic oxidation sites excluding steroid dienone is 1. The Morgan fingerprint density at radius 2 is 2.24 bits per heavy atom. The maximum Gasteiger partial charge on any atom is 0.410 e. The second-order valence-electron chi connectivity index (χ2n) is 5.78. The lowest BCUT2D eigenvalue weighted by atomic mass is 9.86. The van der Waals surface area contributed by atoms with Crippen molar-refractivity contribution in [2.45, 2.75) is 39.2 Å². The summed E-state index contributed by atoms with van der Waals surface area (Å²) in [7, 11) is 0. The van der Waals surface area contributed by atoms with Gasteiger partial charge in [0.05, 0.1) is 0 Å². The first-order valence-electron chi connectivity index (χ1n) is 5.97. The van der Waals surface area contributed by atoms with E-state index in [9.17, 15) is 4.79 Å². The van der Waals surface area contributed by atoms with Gasteiger partial charge in [0.15, 0.2) is 0 Å². The van der Waals surface area contributed by atoms with Crippen LogP contribution in [0.1, 0.15) is 33.6 Å². The van der Waals surface area contributed by atoms with Crippen molar-refractivity contribution in [3.8, 4) is 0 Å². The number of nitrogens with zero attached hydrogens (tertiary/aromatic N) is 1. The maximum absolute atomic E-state index is 11.9. The first kappa shape index (κ1) is 14.8. The number of likely N-dealkylation sites (tertiary alicyclic amines) is 1. The van der Waals surface area contributed by atoms with E-state index in [2.05, 4.69) is 29.2 Å². The molecule has 3 nitrogen and oxygen atoms in total. The Bertz CT molecular complexity index is 298. The SMILES string of the molecule is C=CCC1(CI)CCN(C(=O)OC(C)(C)C)C1. The van der Waals surface area contributed by atoms with Crippen LogP contribution in [0.25, 0.3) is 0 Å². The fourth-order valence-corrected chi connectivity index (χ4v) is 2.99. The van der Waals surface area contributed by atoms with Crippen LogP contribution < -0.4 is 0 Å². The number of rotatable bonds is 3. The number of amides is 1. The van der Waals surface area contributed by atoms with E-state index >= 15 is 0 Å². The van der Waals surface area contributed by atoms with Crippen LogP contribution in [0, 0.1) is 5.41 Å². The monoisotopic (exact) mass is 351 g/mol. The summed E-state index contributed by atoms with van der Waals surface area (Å²) in [4.78, 5) is 13.8. The molecule has 0 radical (unpaired) electrons. The molecule has 4 heteroatoms. The highest BCUT2D eigenvalue weighted by atomic mass is 127. The smallest absolute Gasteiger partial charge is 0.410 e. The van der Waals surface area contributed by atoms with Gasteiger partial charge in [0.1, 0.15) is 5.60 Å². The molecule has 0 saturated carbocycles. The van der Waals surface area contributed by atoms with Crippen LogP contribution in [0.5, 0.6) is 0 Å². The predicted molar refractivity (Wildman–Crippen MR) is 78.6 cm³/mol. The molecule has 0 aromatic heterocycles. The second kappa shape index (κ2) is 5.59. The van der Waals surface area contributed by atoms with Gasteiger partial charge in [0.25, 0.3) is 0 Å². The summed E-state index contributed by atoms with van der Waals surface area (Å²) in [5, 5.41) is 0. The second-order valence-corrected chi connectivity index (χ2v) is 6.54. The Hall–Kier alpha value is -0.260. The van der Waals surface area contributed by atoms with Gasteiger partial charge in [0.2, 0.25) is 0 Å². The molecule has 1 heterocycles. The highest BCUT2D eigenvalue weighted by Crippen LogP contribution is 2.36. The van der Waals surface area contributed by atoms with Crippen molar-refractivity contribution in [1.82, 2.24) is 4.90 Å². The highest BCUT2D eigenvalue weighted by Gasteiger charge is 2.39. The van der Waals surface area contributed by atoms with Gasteiger partial charge < -0.3 is 9.64 Å². The molecule has 1 fully saturated rings. The Balaban J connectivity index is 2.60. The van der Waals surface area contributed by atoms with Crippen molar-refractivity contribution in [3.63, 3.8) is 0 Å². The summed E-state index contributed by atoms with van der Waals surface area (Å²) in [6, 6.07) is 0. The fraction of sp³-hybridized carbons (Fsp3) is 0.769. The lowest BCUT2D eigenvalue weighted by Gasteiger charge is -2.27. The van der Waals surface area contributed by atoms with E-state index < -0.39 is 5.60 Å². The molecule has 1 aliphatic heterocycles. The van der Waals surface area contributed by atoms with E-state index in [1.54, 1.807) is 0 Å². The third-order valence-electron chi connectivity index (χ3n) is 2.95. The molecular weight excluding hydrogens is 329 g/mol. The van der Waals surface area contributed by atoms with Crippen LogP contribution in [0.3, 0.4) is 0 Å². The minimum Gasteiger partial charge on any atom is -0.444 e. The molecule has 1 aliphatic rings. The first-order chi connectivity index (χ1) is 7.82. The number of carbonyl (C=O) groups is 1. The van der Waals surface area contributed by atoms with Crippen LogP contribution in [0.15, 0.2) is 12.7 Å². The number of ether oxygens (including phenoxy) is 1. The van der Waals surface area contributed by atoms with Crippen molar-refractivity contribution >= 4 is 28.7 Å². The predicted octanol–water partition coefficient (Wildman–Crippen LogP) is 3.62. The van der Waals surface area contributed by atoms with E-state index in [1.807, 2.05) is 31.7 Å². The van der Waals surface area contributed by atoms with Gasteiger partial charge in [-0.3, -0.25) is 0 Å². The molecule has 0 aliphatic carbocycles. The van der Waals surface area contributed by atoms with Crippen molar-refractivity contribution in [2.75, 3.05) is 17.5 Å². The molecule has 0 spiro atoms. The fourth-order valence-electron chi connectivity index (χ4n) is 2.05. The first-order valence-corrected chi connectivity index (χ1v) is 7.49. The number of carbonyl (C=O) groups excluding carboxylic acids is 1. The summed E-state index contributed by atoms with van der Waals surface area (Å²) < 4.78 is 6.45. The Morgan fingerprint density at radius 3 is 2.71 bits per heavy atom. The average molecular weight is 351 g/mol. The summed E-state index contributed by atoms with van der Waals surface area (Å²) in [6.45, 7) is 11.1. The average Bonchev–Trinajstić information content (AvgIpc) is 2.61. The number of hydrogen-bond acceptors (Lipinski definition) is 2. The minimum absolute atomic E-state index is 0.187. The zero-order valence-corrected chi connectivity index (χ0v) is 13.1. The number of halogens is 1. The van der Waals surface area contributed by atoms with Crippen LogP contribution in [-0.2, 0) is 4.74 Å². The summed E-state index contributed by atoms with van der Waals surface area (Å²) in [5.74, 6) is 0. The van der Waals surface area contributed by atoms with E-state index in [-0.39, 0.29) is 11.5 Å². The third-order valence-corrected chi connectivity index (χ3v) is 4.57. The van der Waals surface area contributed by atoms with Gasteiger partial charge in [-0.05, 0) is 33.6 Å². The maximum atomic E-state index is 11.9. The van der Waals surface area contributed by atoms with Crippen LogP contribution in [0.2, 0.25) is 0 Å². The van der Waals surface area contributed by atoms with Gasteiger partial charge in [-0.1, -0.05) is 28.7 Å². The summed E-state index contributed by atoms with van der Waals surface area (Å²) in [5.41, 5.74) is -0.204. The van der Waals surface area contributed by atoms with Gasteiger partial charge in [-0.2, -0.15) is 0 Å². The van der Waals surface area contributed by atoms with Gasteiger partial charge in [-0.25, -0.2) is 4.79 Å². The van der Waals surface area contributed by atoms with Crippen molar-refractivity contribution in [3.05, 3.63) is 12.7 Å². The topological polar surface area (TPSA) is 29.5 Å². The van der Waals surface area contributed by atoms with Gasteiger partial charge in [0, 0.05) is 22.9 Å². The zero-order valence-electron chi connectivity index (χ0n) is 11.0. The molecule has 17 heavy (non-hydrogen) atoms. The molecule has 1 unspecified atom stereocenters. The normalized spacial score (nSPS) is 24.8. The lowest BCUT2D eigenvalue weighted by molar-refractivity contribution is 0.0277. The standard InChI is InChI=1S/C13H22INO2/c1-5-6-13(9-14)7-8-15(10-13)11(16)17-12(2,3)4/h5H,1,6-10H2,2-4H3. The molecule has 1 rings (SSSR count). The van der Waals surface area contributed by atoms with E-state index in [1.165, 1.54) is 0 Å². The summed E-state index contributed by atoms with van der Waals surface area (Å²) in [6.07, 6.45) is 3.78. The van der Waals surface area contributed by atoms with Crippen molar-refractivity contribution in [2.24, 2.45) is 5.41 Å². The molecule has 0 N–H and O–H groups in total. The molecule has 0 aromatic rings. The number of alkyl halides is 1. The molecule has 1 amide bonds. The summed E-state index contributed by atoms with van der Waals surface area (Å²) >= 11 is 2.40. The quantitative estimate of drug-likeness (QED) is 0.442. The Labute approximate surface area is 118 Å². The highest BCUT2D eigenvalue weighted by molar-refractivity contribution is 14.1. The van der Waals surface area contributed by atoms with Crippen LogP contribution in [0.4, 0.5) is 4.79 Å².